The van der Waals surface area contributed by atoms with Gasteiger partial charge in [-0.2, -0.15) is 0 Å². The Morgan fingerprint density at radius 2 is 2.11 bits per heavy atom. The molecule has 18 heavy (non-hydrogen) atoms. The van der Waals surface area contributed by atoms with Crippen molar-refractivity contribution in [1.29, 1.82) is 0 Å². The molecule has 102 valence electrons. The van der Waals surface area contributed by atoms with Gasteiger partial charge in [-0.3, -0.25) is 4.90 Å². The minimum Gasteiger partial charge on any atom is -0.295 e. The van der Waals surface area contributed by atoms with Gasteiger partial charge in [0.15, 0.2) is 0 Å². The van der Waals surface area contributed by atoms with Crippen molar-refractivity contribution in [3.8, 4) is 0 Å². The van der Waals surface area contributed by atoms with Gasteiger partial charge in [0, 0.05) is 29.3 Å². The molecule has 1 heterocycles. The lowest BCUT2D eigenvalue weighted by molar-refractivity contribution is 0.134. The third-order valence-corrected chi connectivity index (χ3v) is 6.21. The average molecular weight is 330 g/mol. The predicted octanol–water partition coefficient (Wildman–Crippen LogP) is 4.91. The first-order chi connectivity index (χ1) is 8.65. The molecule has 0 N–H and O–H groups in total. The lowest BCUT2D eigenvalue weighted by Crippen LogP contribution is -2.40. The van der Waals surface area contributed by atoms with Crippen LogP contribution in [0.5, 0.6) is 0 Å². The summed E-state index contributed by atoms with van der Waals surface area (Å²) >= 11 is 5.64. The third kappa shape index (κ3) is 3.58. The summed E-state index contributed by atoms with van der Waals surface area (Å²) in [4.78, 5) is 4.14. The Balaban J connectivity index is 2.01. The highest BCUT2D eigenvalue weighted by atomic mass is 79.9. The molecule has 0 atom stereocenters. The minimum atomic E-state index is 0.529. The van der Waals surface area contributed by atoms with Crippen LogP contribution in [-0.2, 0) is 6.54 Å². The van der Waals surface area contributed by atoms with E-state index in [-0.39, 0.29) is 0 Å². The van der Waals surface area contributed by atoms with E-state index in [9.17, 15) is 0 Å². The molecule has 1 aliphatic carbocycles. The molecule has 3 heteroatoms. The molecule has 0 radical (unpaired) electrons. The van der Waals surface area contributed by atoms with Crippen molar-refractivity contribution in [2.24, 2.45) is 5.41 Å². The summed E-state index contributed by atoms with van der Waals surface area (Å²) in [5, 5.41) is 3.34. The third-order valence-electron chi connectivity index (χ3n) is 4.16. The van der Waals surface area contributed by atoms with E-state index >= 15 is 0 Å². The van der Waals surface area contributed by atoms with Gasteiger partial charge < -0.3 is 0 Å². The van der Waals surface area contributed by atoms with E-state index in [0.29, 0.717) is 11.5 Å². The zero-order valence-electron chi connectivity index (χ0n) is 11.5. The number of hydrogen-bond acceptors (Lipinski definition) is 2. The molecule has 1 saturated carbocycles. The van der Waals surface area contributed by atoms with Gasteiger partial charge in [-0.1, -0.05) is 34.8 Å². The maximum absolute atomic E-state index is 3.76. The number of hydrogen-bond donors (Lipinski definition) is 0. The quantitative estimate of drug-likeness (QED) is 0.670. The Labute approximate surface area is 124 Å². The van der Waals surface area contributed by atoms with Gasteiger partial charge >= 0.3 is 0 Å². The van der Waals surface area contributed by atoms with Crippen LogP contribution in [0.1, 0.15) is 44.4 Å². The Morgan fingerprint density at radius 3 is 2.61 bits per heavy atom. The molecular formula is C15H24BrNS. The molecule has 0 aliphatic heterocycles. The van der Waals surface area contributed by atoms with Crippen molar-refractivity contribution in [3.63, 3.8) is 0 Å². The van der Waals surface area contributed by atoms with Crippen molar-refractivity contribution in [1.82, 2.24) is 4.90 Å². The van der Waals surface area contributed by atoms with E-state index in [1.807, 2.05) is 11.3 Å². The molecule has 0 saturated heterocycles. The van der Waals surface area contributed by atoms with Crippen LogP contribution in [0.4, 0.5) is 0 Å². The fourth-order valence-electron chi connectivity index (χ4n) is 2.91. The Bertz CT molecular complexity index is 341. The summed E-state index contributed by atoms with van der Waals surface area (Å²) in [5.74, 6) is 0. The Hall–Kier alpha value is 0.140. The highest BCUT2D eigenvalue weighted by Crippen LogP contribution is 2.40. The second-order valence-corrected chi connectivity index (χ2v) is 7.51. The van der Waals surface area contributed by atoms with Crippen molar-refractivity contribution in [2.75, 3.05) is 11.9 Å². The molecule has 0 spiro atoms. The smallest absolute Gasteiger partial charge is 0.0330 e. The lowest BCUT2D eigenvalue weighted by atomic mass is 9.87. The van der Waals surface area contributed by atoms with Crippen LogP contribution >= 0.6 is 27.3 Å². The molecular weight excluding hydrogens is 306 g/mol. The standard InChI is InChI=1S/C15H24BrNS/c1-13(2)17(10-14-6-5-9-18-14)12-15(11-16)7-3-4-8-15/h5-6,9,13H,3-4,7-8,10-12H2,1-2H3. The summed E-state index contributed by atoms with van der Waals surface area (Å²) in [7, 11) is 0. The van der Waals surface area contributed by atoms with E-state index in [4.69, 9.17) is 0 Å². The molecule has 1 aromatic heterocycles. The molecule has 0 bridgehead atoms. The average Bonchev–Trinajstić information content (AvgIpc) is 3.00. The summed E-state index contributed by atoms with van der Waals surface area (Å²) in [6.07, 6.45) is 5.62. The van der Waals surface area contributed by atoms with Crippen molar-refractivity contribution in [2.45, 2.75) is 52.1 Å². The highest BCUT2D eigenvalue weighted by molar-refractivity contribution is 9.09. The van der Waals surface area contributed by atoms with E-state index in [0.717, 1.165) is 11.9 Å². The van der Waals surface area contributed by atoms with Crippen LogP contribution in [0.15, 0.2) is 17.5 Å². The molecule has 2 rings (SSSR count). The monoisotopic (exact) mass is 329 g/mol. The summed E-state index contributed by atoms with van der Waals surface area (Å²) in [5.41, 5.74) is 0.529. The molecule has 0 aromatic carbocycles. The van der Waals surface area contributed by atoms with E-state index < -0.39 is 0 Å². The molecule has 1 nitrogen and oxygen atoms in total. The van der Waals surface area contributed by atoms with Crippen molar-refractivity contribution >= 4 is 27.3 Å². The molecule has 1 fully saturated rings. The van der Waals surface area contributed by atoms with Crippen LogP contribution < -0.4 is 0 Å². The minimum absolute atomic E-state index is 0.529. The maximum Gasteiger partial charge on any atom is 0.0330 e. The van der Waals surface area contributed by atoms with E-state index in [1.54, 1.807) is 0 Å². The van der Waals surface area contributed by atoms with Gasteiger partial charge in [0.2, 0.25) is 0 Å². The SMILES string of the molecule is CC(C)N(Cc1cccs1)CC1(CBr)CCCC1. The number of nitrogens with zero attached hydrogens (tertiary/aromatic N) is 1. The van der Waals surface area contributed by atoms with Crippen molar-refractivity contribution in [3.05, 3.63) is 22.4 Å². The Kier molecular flexibility index (Phi) is 5.28. The number of alkyl halides is 1. The van der Waals surface area contributed by atoms with Crippen molar-refractivity contribution < 1.29 is 0 Å². The number of halogens is 1. The van der Waals surface area contributed by atoms with Gasteiger partial charge in [-0.25, -0.2) is 0 Å². The fraction of sp³-hybridized carbons (Fsp3) is 0.733. The second-order valence-electron chi connectivity index (χ2n) is 5.92. The highest BCUT2D eigenvalue weighted by Gasteiger charge is 2.35. The molecule has 0 amide bonds. The zero-order valence-corrected chi connectivity index (χ0v) is 13.9. The normalized spacial score (nSPS) is 18.9. The molecule has 1 aliphatic rings. The zero-order chi connectivity index (χ0) is 13.0. The van der Waals surface area contributed by atoms with Gasteiger partial charge in [0.05, 0.1) is 0 Å². The van der Waals surface area contributed by atoms with Crippen LogP contribution in [0.3, 0.4) is 0 Å². The van der Waals surface area contributed by atoms with Gasteiger partial charge in [-0.15, -0.1) is 11.3 Å². The summed E-state index contributed by atoms with van der Waals surface area (Å²) in [6.45, 7) is 7.01. The predicted molar refractivity (Wildman–Crippen MR) is 84.6 cm³/mol. The summed E-state index contributed by atoms with van der Waals surface area (Å²) < 4.78 is 0. The molecule has 0 unspecified atom stereocenters. The Morgan fingerprint density at radius 1 is 1.39 bits per heavy atom. The lowest BCUT2D eigenvalue weighted by Gasteiger charge is -2.36. The van der Waals surface area contributed by atoms with Gasteiger partial charge in [0.1, 0.15) is 0 Å². The van der Waals surface area contributed by atoms with E-state index in [2.05, 4.69) is 52.2 Å². The van der Waals surface area contributed by atoms with Crippen LogP contribution in [0, 0.1) is 5.41 Å². The first-order valence-corrected chi connectivity index (χ1v) is 8.98. The van der Waals surface area contributed by atoms with Crippen LogP contribution in [-0.4, -0.2) is 22.8 Å². The number of rotatable bonds is 6. The first kappa shape index (κ1) is 14.5. The van der Waals surface area contributed by atoms with Gasteiger partial charge in [-0.05, 0) is 43.6 Å². The maximum atomic E-state index is 3.76. The number of thiophene rings is 1. The van der Waals surface area contributed by atoms with Gasteiger partial charge in [0.25, 0.3) is 0 Å². The largest absolute Gasteiger partial charge is 0.295 e. The second kappa shape index (κ2) is 6.53. The topological polar surface area (TPSA) is 3.24 Å². The molecule has 1 aromatic rings. The van der Waals surface area contributed by atoms with E-state index in [1.165, 1.54) is 37.1 Å². The first-order valence-electron chi connectivity index (χ1n) is 6.98. The summed E-state index contributed by atoms with van der Waals surface area (Å²) in [6, 6.07) is 5.05. The van der Waals surface area contributed by atoms with Crippen LogP contribution in [0.25, 0.3) is 0 Å². The van der Waals surface area contributed by atoms with Crippen LogP contribution in [0.2, 0.25) is 0 Å². The fourth-order valence-corrected chi connectivity index (χ4v) is 4.38.